The van der Waals surface area contributed by atoms with Gasteiger partial charge in [-0.3, -0.25) is 4.40 Å². The zero-order valence-corrected chi connectivity index (χ0v) is 13.6. The Morgan fingerprint density at radius 2 is 1.76 bits per heavy atom. The van der Waals surface area contributed by atoms with Gasteiger partial charge in [-0.25, -0.2) is 0 Å². The van der Waals surface area contributed by atoms with E-state index in [4.69, 9.17) is 0 Å². The molecule has 2 heterocycles. The minimum Gasteiger partial charge on any atom is -0.282 e. The van der Waals surface area contributed by atoms with Gasteiger partial charge in [-0.15, -0.1) is 10.2 Å². The first-order valence-electron chi connectivity index (χ1n) is 6.72. The topological polar surface area (TPSA) is 30.2 Å². The number of hydrogen-bond acceptors (Lipinski definition) is 2. The molecule has 0 radical (unpaired) electrons. The van der Waals surface area contributed by atoms with E-state index in [0.29, 0.717) is 0 Å². The summed E-state index contributed by atoms with van der Waals surface area (Å²) in [6.45, 7) is 2.10. The van der Waals surface area contributed by atoms with Crippen molar-refractivity contribution in [2.75, 3.05) is 0 Å². The Labute approximate surface area is 135 Å². The van der Waals surface area contributed by atoms with Crippen LogP contribution in [-0.4, -0.2) is 14.6 Å². The fourth-order valence-electron chi connectivity index (χ4n) is 2.58. The molecule has 4 aromatic rings. The summed E-state index contributed by atoms with van der Waals surface area (Å²) in [6.07, 6.45) is 2.04. The molecular weight excluding hydrogens is 373 g/mol. The van der Waals surface area contributed by atoms with Gasteiger partial charge in [-0.2, -0.15) is 0 Å². The van der Waals surface area contributed by atoms with Gasteiger partial charge in [-0.1, -0.05) is 29.8 Å². The molecule has 102 valence electrons. The van der Waals surface area contributed by atoms with Crippen LogP contribution in [0.2, 0.25) is 0 Å². The molecule has 0 aliphatic heterocycles. The highest BCUT2D eigenvalue weighted by atomic mass is 127. The van der Waals surface area contributed by atoms with Crippen LogP contribution in [0.3, 0.4) is 0 Å². The van der Waals surface area contributed by atoms with E-state index >= 15 is 0 Å². The molecule has 0 bridgehead atoms. The molecule has 21 heavy (non-hydrogen) atoms. The quantitative estimate of drug-likeness (QED) is 0.453. The Hall–Kier alpha value is -1.95. The first-order chi connectivity index (χ1) is 10.2. The summed E-state index contributed by atoms with van der Waals surface area (Å²) < 4.78 is 3.27. The van der Waals surface area contributed by atoms with Crippen molar-refractivity contribution in [3.05, 3.63) is 63.9 Å². The summed E-state index contributed by atoms with van der Waals surface area (Å²) in [5.41, 5.74) is 3.22. The van der Waals surface area contributed by atoms with Crippen LogP contribution >= 0.6 is 22.6 Å². The third kappa shape index (κ3) is 2.10. The van der Waals surface area contributed by atoms with Gasteiger partial charge in [0.2, 0.25) is 0 Å². The zero-order chi connectivity index (χ0) is 14.4. The summed E-state index contributed by atoms with van der Waals surface area (Å²) in [4.78, 5) is 0. The van der Waals surface area contributed by atoms with Crippen LogP contribution in [-0.2, 0) is 0 Å². The standard InChI is InChI=1S/C17H12IN3/c1-11-2-3-12-8-9-21-16(13-4-6-14(18)7-5-13)19-20-17(21)15(12)10-11/h2-10H,1H3. The molecule has 0 N–H and O–H groups in total. The largest absolute Gasteiger partial charge is 0.282 e. The number of halogens is 1. The predicted octanol–water partition coefficient (Wildman–Crippen LogP) is 4.46. The average molecular weight is 385 g/mol. The Kier molecular flexibility index (Phi) is 2.92. The van der Waals surface area contributed by atoms with Gasteiger partial charge in [0.15, 0.2) is 11.5 Å². The highest BCUT2D eigenvalue weighted by Crippen LogP contribution is 2.25. The first-order valence-corrected chi connectivity index (χ1v) is 7.80. The van der Waals surface area contributed by atoms with E-state index in [1.165, 1.54) is 14.5 Å². The second-order valence-corrected chi connectivity index (χ2v) is 6.38. The number of pyridine rings is 1. The number of hydrogen-bond donors (Lipinski definition) is 0. The third-order valence-corrected chi connectivity index (χ3v) is 4.37. The lowest BCUT2D eigenvalue weighted by Crippen LogP contribution is -1.90. The molecule has 4 heteroatoms. The van der Waals surface area contributed by atoms with E-state index in [9.17, 15) is 0 Å². The van der Waals surface area contributed by atoms with Gasteiger partial charge in [0.05, 0.1) is 0 Å². The van der Waals surface area contributed by atoms with E-state index in [1.54, 1.807) is 0 Å². The van der Waals surface area contributed by atoms with Gasteiger partial charge in [0.1, 0.15) is 0 Å². The lowest BCUT2D eigenvalue weighted by Gasteiger charge is -2.04. The number of fused-ring (bicyclic) bond motifs is 3. The third-order valence-electron chi connectivity index (χ3n) is 3.65. The number of aromatic nitrogens is 3. The van der Waals surface area contributed by atoms with Gasteiger partial charge < -0.3 is 0 Å². The molecule has 0 fully saturated rings. The van der Waals surface area contributed by atoms with Crippen molar-refractivity contribution in [1.82, 2.24) is 14.6 Å². The molecule has 0 spiro atoms. The molecule has 0 unspecified atom stereocenters. The van der Waals surface area contributed by atoms with Crippen molar-refractivity contribution >= 4 is 39.0 Å². The molecule has 3 nitrogen and oxygen atoms in total. The van der Waals surface area contributed by atoms with Gasteiger partial charge in [-0.05, 0) is 59.2 Å². The Bertz CT molecular complexity index is 955. The maximum atomic E-state index is 4.40. The Balaban J connectivity index is 2.02. The Morgan fingerprint density at radius 1 is 0.952 bits per heavy atom. The monoisotopic (exact) mass is 385 g/mol. The molecule has 0 aliphatic rings. The molecule has 2 aromatic heterocycles. The zero-order valence-electron chi connectivity index (χ0n) is 11.4. The molecule has 0 saturated carbocycles. The lowest BCUT2D eigenvalue weighted by atomic mass is 10.1. The molecule has 0 saturated heterocycles. The van der Waals surface area contributed by atoms with Crippen LogP contribution in [0.1, 0.15) is 5.56 Å². The van der Waals surface area contributed by atoms with Gasteiger partial charge >= 0.3 is 0 Å². The summed E-state index contributed by atoms with van der Waals surface area (Å²) >= 11 is 2.30. The number of nitrogens with zero attached hydrogens (tertiary/aromatic N) is 3. The number of aryl methyl sites for hydroxylation is 1. The van der Waals surface area contributed by atoms with Crippen LogP contribution in [0.15, 0.2) is 54.7 Å². The van der Waals surface area contributed by atoms with Crippen molar-refractivity contribution in [1.29, 1.82) is 0 Å². The maximum Gasteiger partial charge on any atom is 0.168 e. The molecule has 2 aromatic carbocycles. The van der Waals surface area contributed by atoms with Crippen LogP contribution in [0, 0.1) is 10.5 Å². The lowest BCUT2D eigenvalue weighted by molar-refractivity contribution is 1.11. The Morgan fingerprint density at radius 3 is 2.57 bits per heavy atom. The van der Waals surface area contributed by atoms with E-state index in [2.05, 4.69) is 92.6 Å². The van der Waals surface area contributed by atoms with Crippen molar-refractivity contribution in [3.63, 3.8) is 0 Å². The van der Waals surface area contributed by atoms with Crippen LogP contribution in [0.25, 0.3) is 27.8 Å². The summed E-state index contributed by atoms with van der Waals surface area (Å²) in [7, 11) is 0. The van der Waals surface area contributed by atoms with Crippen LogP contribution in [0.5, 0.6) is 0 Å². The van der Waals surface area contributed by atoms with Crippen LogP contribution in [0.4, 0.5) is 0 Å². The maximum absolute atomic E-state index is 4.40. The molecule has 0 amide bonds. The fourth-order valence-corrected chi connectivity index (χ4v) is 2.94. The van der Waals surface area contributed by atoms with Crippen molar-refractivity contribution in [3.8, 4) is 11.4 Å². The van der Waals surface area contributed by atoms with Gasteiger partial charge in [0, 0.05) is 20.7 Å². The van der Waals surface area contributed by atoms with Gasteiger partial charge in [0.25, 0.3) is 0 Å². The minimum atomic E-state index is 0.879. The average Bonchev–Trinajstić information content (AvgIpc) is 2.92. The molecule has 0 atom stereocenters. The fraction of sp³-hybridized carbons (Fsp3) is 0.0588. The summed E-state index contributed by atoms with van der Waals surface area (Å²) in [6, 6.07) is 16.9. The minimum absolute atomic E-state index is 0.879. The molecule has 0 aliphatic carbocycles. The van der Waals surface area contributed by atoms with E-state index in [-0.39, 0.29) is 0 Å². The smallest absolute Gasteiger partial charge is 0.168 e. The van der Waals surface area contributed by atoms with E-state index < -0.39 is 0 Å². The number of rotatable bonds is 1. The normalized spacial score (nSPS) is 11.3. The number of benzene rings is 2. The second kappa shape index (κ2) is 4.80. The van der Waals surface area contributed by atoms with Crippen molar-refractivity contribution in [2.45, 2.75) is 6.92 Å². The summed E-state index contributed by atoms with van der Waals surface area (Å²) in [5.74, 6) is 0.879. The summed E-state index contributed by atoms with van der Waals surface area (Å²) in [5, 5.41) is 11.1. The SMILES string of the molecule is Cc1ccc2ccn3c(-c4ccc(I)cc4)nnc3c2c1. The highest BCUT2D eigenvalue weighted by Gasteiger charge is 2.10. The van der Waals surface area contributed by atoms with Crippen molar-refractivity contribution in [2.24, 2.45) is 0 Å². The predicted molar refractivity (Wildman–Crippen MR) is 93.4 cm³/mol. The van der Waals surface area contributed by atoms with E-state index in [0.717, 1.165) is 22.4 Å². The molecular formula is C17H12IN3. The van der Waals surface area contributed by atoms with Crippen LogP contribution < -0.4 is 0 Å². The van der Waals surface area contributed by atoms with E-state index in [1.807, 2.05) is 6.20 Å². The second-order valence-electron chi connectivity index (χ2n) is 5.13. The first kappa shape index (κ1) is 12.8. The van der Waals surface area contributed by atoms with Crippen molar-refractivity contribution < 1.29 is 0 Å². The molecule has 4 rings (SSSR count). The highest BCUT2D eigenvalue weighted by molar-refractivity contribution is 14.1.